The number of benzene rings is 1. The second kappa shape index (κ2) is 5.03. The van der Waals surface area contributed by atoms with Crippen molar-refractivity contribution in [1.82, 2.24) is 0 Å². The van der Waals surface area contributed by atoms with Gasteiger partial charge in [0.15, 0.2) is 5.78 Å². The van der Waals surface area contributed by atoms with Gasteiger partial charge in [0.05, 0.1) is 5.56 Å². The summed E-state index contributed by atoms with van der Waals surface area (Å²) < 4.78 is 40.1. The van der Waals surface area contributed by atoms with Crippen LogP contribution >= 0.6 is 15.9 Å². The van der Waals surface area contributed by atoms with Gasteiger partial charge in [0.25, 0.3) is 0 Å². The number of rotatable bonds is 2. The van der Waals surface area contributed by atoms with Crippen LogP contribution in [-0.4, -0.2) is 11.7 Å². The van der Waals surface area contributed by atoms with Gasteiger partial charge < -0.3 is 0 Å². The van der Waals surface area contributed by atoms with E-state index in [-0.39, 0.29) is 37.0 Å². The van der Waals surface area contributed by atoms with E-state index in [1.807, 2.05) is 0 Å². The lowest BCUT2D eigenvalue weighted by Gasteiger charge is -2.27. The molecule has 18 heavy (non-hydrogen) atoms. The molecule has 0 atom stereocenters. The molecule has 1 nitrogen and oxygen atoms in total. The van der Waals surface area contributed by atoms with Gasteiger partial charge in [0.1, 0.15) is 5.82 Å². The van der Waals surface area contributed by atoms with Crippen LogP contribution in [-0.2, 0) is 0 Å². The van der Waals surface area contributed by atoms with Crippen molar-refractivity contribution >= 4 is 21.7 Å². The van der Waals surface area contributed by atoms with Crippen LogP contribution in [0.15, 0.2) is 22.7 Å². The Bertz CT molecular complexity index is 463. The summed E-state index contributed by atoms with van der Waals surface area (Å²) in [5.74, 6) is -4.13. The monoisotopic (exact) mass is 320 g/mol. The minimum Gasteiger partial charge on any atom is -0.294 e. The highest BCUT2D eigenvalue weighted by Crippen LogP contribution is 2.37. The Morgan fingerprint density at radius 3 is 2.50 bits per heavy atom. The number of Topliss-reactive ketones (excluding diaryl/α,β-unsaturated/α-hetero) is 1. The van der Waals surface area contributed by atoms with E-state index < -0.39 is 17.7 Å². The molecule has 0 saturated heterocycles. The second-order valence-electron chi connectivity index (χ2n) is 4.62. The molecule has 5 heteroatoms. The molecule has 0 spiro atoms. The molecule has 0 N–H and O–H groups in total. The van der Waals surface area contributed by atoms with Gasteiger partial charge in [-0.2, -0.15) is 0 Å². The lowest BCUT2D eigenvalue weighted by molar-refractivity contribution is -0.0424. The van der Waals surface area contributed by atoms with Gasteiger partial charge in [-0.25, -0.2) is 13.2 Å². The molecule has 0 amide bonds. The fraction of sp³-hybridized carbons (Fsp3) is 0.462. The van der Waals surface area contributed by atoms with Gasteiger partial charge in [0, 0.05) is 23.2 Å². The number of alkyl halides is 2. The third-order valence-corrected chi connectivity index (χ3v) is 3.78. The van der Waals surface area contributed by atoms with E-state index in [2.05, 4.69) is 15.9 Å². The van der Waals surface area contributed by atoms with Gasteiger partial charge in [-0.3, -0.25) is 4.79 Å². The van der Waals surface area contributed by atoms with Crippen LogP contribution < -0.4 is 0 Å². The molecule has 0 radical (unpaired) electrons. The fourth-order valence-electron chi connectivity index (χ4n) is 2.21. The van der Waals surface area contributed by atoms with Gasteiger partial charge >= 0.3 is 0 Å². The molecular weight excluding hydrogens is 309 g/mol. The summed E-state index contributed by atoms with van der Waals surface area (Å²) in [6, 6.07) is 4.11. The molecule has 1 aromatic rings. The predicted molar refractivity (Wildman–Crippen MR) is 65.3 cm³/mol. The Kier molecular flexibility index (Phi) is 3.80. The maximum Gasteiger partial charge on any atom is 0.248 e. The van der Waals surface area contributed by atoms with Crippen LogP contribution in [0, 0.1) is 11.7 Å². The molecule has 1 fully saturated rings. The molecule has 1 aliphatic rings. The van der Waals surface area contributed by atoms with E-state index in [1.54, 1.807) is 0 Å². The first-order valence-corrected chi connectivity index (χ1v) is 6.55. The Hall–Kier alpha value is -0.840. The first-order valence-electron chi connectivity index (χ1n) is 5.76. The first kappa shape index (κ1) is 13.6. The quantitative estimate of drug-likeness (QED) is 0.728. The number of carbonyl (C=O) groups excluding carboxylic acids is 1. The van der Waals surface area contributed by atoms with E-state index in [4.69, 9.17) is 0 Å². The summed E-state index contributed by atoms with van der Waals surface area (Å²) in [6.07, 6.45) is -0.340. The van der Waals surface area contributed by atoms with Crippen LogP contribution in [0.3, 0.4) is 0 Å². The third kappa shape index (κ3) is 2.94. The van der Waals surface area contributed by atoms with Crippen LogP contribution in [0.1, 0.15) is 36.0 Å². The first-order chi connectivity index (χ1) is 8.39. The molecule has 1 saturated carbocycles. The summed E-state index contributed by atoms with van der Waals surface area (Å²) in [4.78, 5) is 12.1. The lowest BCUT2D eigenvalue weighted by atomic mass is 9.82. The zero-order valence-corrected chi connectivity index (χ0v) is 11.1. The maximum atomic E-state index is 13.5. The molecule has 98 valence electrons. The number of ketones is 1. The Morgan fingerprint density at radius 2 is 1.89 bits per heavy atom. The van der Waals surface area contributed by atoms with Crippen LogP contribution in [0.2, 0.25) is 0 Å². The third-order valence-electron chi connectivity index (χ3n) is 3.28. The smallest absolute Gasteiger partial charge is 0.248 e. The van der Waals surface area contributed by atoms with Gasteiger partial charge in [-0.05, 0) is 31.0 Å². The van der Waals surface area contributed by atoms with Crippen molar-refractivity contribution in [3.05, 3.63) is 34.1 Å². The normalized spacial score (nSPS) is 19.8. The minimum absolute atomic E-state index is 0.0143. The SMILES string of the molecule is O=C(c1cc(Br)ccc1F)C1CCC(F)(F)CC1. The average Bonchev–Trinajstić information content (AvgIpc) is 2.31. The Balaban J connectivity index is 2.15. The highest BCUT2D eigenvalue weighted by molar-refractivity contribution is 9.10. The number of hydrogen-bond acceptors (Lipinski definition) is 1. The zero-order chi connectivity index (χ0) is 13.3. The molecule has 0 bridgehead atoms. The second-order valence-corrected chi connectivity index (χ2v) is 5.53. The van der Waals surface area contributed by atoms with E-state index in [1.165, 1.54) is 18.2 Å². The van der Waals surface area contributed by atoms with E-state index in [9.17, 15) is 18.0 Å². The summed E-state index contributed by atoms with van der Waals surface area (Å²) in [6.45, 7) is 0. The topological polar surface area (TPSA) is 17.1 Å². The van der Waals surface area contributed by atoms with Crippen molar-refractivity contribution in [3.8, 4) is 0 Å². The van der Waals surface area contributed by atoms with E-state index >= 15 is 0 Å². The number of carbonyl (C=O) groups is 1. The molecule has 0 unspecified atom stereocenters. The highest BCUT2D eigenvalue weighted by atomic mass is 79.9. The largest absolute Gasteiger partial charge is 0.294 e. The summed E-state index contributed by atoms with van der Waals surface area (Å²) in [7, 11) is 0. The van der Waals surface area contributed by atoms with Crippen molar-refractivity contribution in [1.29, 1.82) is 0 Å². The molecule has 0 aliphatic heterocycles. The van der Waals surface area contributed by atoms with Crippen molar-refractivity contribution in [2.45, 2.75) is 31.6 Å². The number of halogens is 4. The summed E-state index contributed by atoms with van der Waals surface area (Å²) >= 11 is 3.17. The van der Waals surface area contributed by atoms with Crippen LogP contribution in [0.25, 0.3) is 0 Å². The molecule has 2 rings (SSSR count). The predicted octanol–water partition coefficient (Wildman–Crippen LogP) is 4.60. The van der Waals surface area contributed by atoms with E-state index in [0.717, 1.165) is 0 Å². The van der Waals surface area contributed by atoms with Crippen LogP contribution in [0.4, 0.5) is 13.2 Å². The molecule has 0 aromatic heterocycles. The van der Waals surface area contributed by atoms with Crippen molar-refractivity contribution in [2.75, 3.05) is 0 Å². The highest BCUT2D eigenvalue weighted by Gasteiger charge is 2.38. The standard InChI is InChI=1S/C13H12BrF3O/c14-9-1-2-11(15)10(7-9)12(18)8-3-5-13(16,17)6-4-8/h1-2,7-8H,3-6H2. The lowest BCUT2D eigenvalue weighted by Crippen LogP contribution is -2.29. The zero-order valence-electron chi connectivity index (χ0n) is 9.56. The summed E-state index contributed by atoms with van der Waals surface area (Å²) in [5, 5.41) is 0. The van der Waals surface area contributed by atoms with Gasteiger partial charge in [0.2, 0.25) is 5.92 Å². The molecular formula is C13H12BrF3O. The van der Waals surface area contributed by atoms with Crippen molar-refractivity contribution < 1.29 is 18.0 Å². The Morgan fingerprint density at radius 1 is 1.28 bits per heavy atom. The number of hydrogen-bond donors (Lipinski definition) is 0. The van der Waals surface area contributed by atoms with Gasteiger partial charge in [-0.1, -0.05) is 15.9 Å². The molecule has 1 aromatic carbocycles. The molecule has 1 aliphatic carbocycles. The van der Waals surface area contributed by atoms with Crippen molar-refractivity contribution in [2.24, 2.45) is 5.92 Å². The van der Waals surface area contributed by atoms with Crippen LogP contribution in [0.5, 0.6) is 0 Å². The molecule has 0 heterocycles. The minimum atomic E-state index is -2.67. The Labute approximate surface area is 112 Å². The van der Waals surface area contributed by atoms with Gasteiger partial charge in [-0.15, -0.1) is 0 Å². The fourth-order valence-corrected chi connectivity index (χ4v) is 2.57. The van der Waals surface area contributed by atoms with E-state index in [0.29, 0.717) is 4.47 Å². The summed E-state index contributed by atoms with van der Waals surface area (Å²) in [5.41, 5.74) is -0.0143. The maximum absolute atomic E-state index is 13.5. The average molecular weight is 321 g/mol. The van der Waals surface area contributed by atoms with Crippen molar-refractivity contribution in [3.63, 3.8) is 0 Å².